The summed E-state index contributed by atoms with van der Waals surface area (Å²) in [7, 11) is 1.51. The molecule has 0 saturated heterocycles. The van der Waals surface area contributed by atoms with E-state index < -0.39 is 6.04 Å². The van der Waals surface area contributed by atoms with Crippen molar-refractivity contribution in [1.82, 2.24) is 4.72 Å². The molecular formula is C11H11NO3S. The van der Waals surface area contributed by atoms with Crippen molar-refractivity contribution in [2.45, 2.75) is 17.9 Å². The number of fused-ring (bicyclic) bond motifs is 1. The van der Waals surface area contributed by atoms with Crippen LogP contribution < -0.4 is 9.46 Å². The third kappa shape index (κ3) is 1.72. The molecule has 1 aromatic carbocycles. The van der Waals surface area contributed by atoms with Gasteiger partial charge in [-0.3, -0.25) is 9.59 Å². The number of Topliss-reactive ketones (excluding diaryl/α,β-unsaturated/α-hetero) is 2. The molecule has 1 N–H and O–H groups in total. The first-order valence-corrected chi connectivity index (χ1v) is 5.61. The molecule has 1 aromatic rings. The maximum absolute atomic E-state index is 12.1. The summed E-state index contributed by atoms with van der Waals surface area (Å²) in [6, 6.07) is 4.59. The Morgan fingerprint density at radius 2 is 2.25 bits per heavy atom. The second-order valence-corrected chi connectivity index (χ2v) is 4.34. The Bertz CT molecular complexity index is 444. The highest BCUT2D eigenvalue weighted by atomic mass is 32.2. The largest absolute Gasteiger partial charge is 0.496 e. The van der Waals surface area contributed by atoms with Crippen molar-refractivity contribution in [1.29, 1.82) is 0 Å². The molecule has 0 aromatic heterocycles. The van der Waals surface area contributed by atoms with Gasteiger partial charge in [0.05, 0.1) is 12.7 Å². The van der Waals surface area contributed by atoms with Crippen LogP contribution in [0, 0.1) is 0 Å². The van der Waals surface area contributed by atoms with Crippen molar-refractivity contribution >= 4 is 23.5 Å². The van der Waals surface area contributed by atoms with Crippen LogP contribution in [0.5, 0.6) is 5.75 Å². The molecule has 84 valence electrons. The van der Waals surface area contributed by atoms with Crippen LogP contribution in [0.2, 0.25) is 0 Å². The molecular weight excluding hydrogens is 226 g/mol. The van der Waals surface area contributed by atoms with Gasteiger partial charge in [0, 0.05) is 4.90 Å². The highest BCUT2D eigenvalue weighted by Crippen LogP contribution is 2.33. The summed E-state index contributed by atoms with van der Waals surface area (Å²) in [4.78, 5) is 24.1. The van der Waals surface area contributed by atoms with Crippen LogP contribution >= 0.6 is 11.9 Å². The number of hydrogen-bond acceptors (Lipinski definition) is 5. The van der Waals surface area contributed by atoms with Gasteiger partial charge in [0.15, 0.2) is 11.6 Å². The fourth-order valence-corrected chi connectivity index (χ4v) is 2.56. The van der Waals surface area contributed by atoms with Gasteiger partial charge in [-0.15, -0.1) is 0 Å². The van der Waals surface area contributed by atoms with E-state index >= 15 is 0 Å². The average Bonchev–Trinajstić information content (AvgIpc) is 2.28. The molecule has 0 amide bonds. The summed E-state index contributed by atoms with van der Waals surface area (Å²) >= 11 is 1.29. The summed E-state index contributed by atoms with van der Waals surface area (Å²) in [5, 5.41) is 0. The van der Waals surface area contributed by atoms with Crippen LogP contribution in [-0.4, -0.2) is 24.7 Å². The Morgan fingerprint density at radius 3 is 2.88 bits per heavy atom. The van der Waals surface area contributed by atoms with Gasteiger partial charge in [0.1, 0.15) is 11.8 Å². The Morgan fingerprint density at radius 1 is 1.50 bits per heavy atom. The van der Waals surface area contributed by atoms with Crippen molar-refractivity contribution < 1.29 is 14.3 Å². The number of nitrogens with one attached hydrogen (secondary N) is 1. The van der Waals surface area contributed by atoms with Gasteiger partial charge in [-0.1, -0.05) is 6.07 Å². The summed E-state index contributed by atoms with van der Waals surface area (Å²) in [6.07, 6.45) is 0. The molecule has 4 nitrogen and oxygen atoms in total. The molecule has 5 heteroatoms. The first-order chi connectivity index (χ1) is 7.65. The quantitative estimate of drug-likeness (QED) is 0.623. The number of hydrogen-bond donors (Lipinski definition) is 1. The topological polar surface area (TPSA) is 55.4 Å². The summed E-state index contributed by atoms with van der Waals surface area (Å²) in [5.41, 5.74) is 0.494. The smallest absolute Gasteiger partial charge is 0.193 e. The van der Waals surface area contributed by atoms with E-state index in [9.17, 15) is 9.59 Å². The van der Waals surface area contributed by atoms with E-state index in [2.05, 4.69) is 4.72 Å². The molecule has 16 heavy (non-hydrogen) atoms. The average molecular weight is 237 g/mol. The highest BCUT2D eigenvalue weighted by molar-refractivity contribution is 7.97. The molecule has 0 bridgehead atoms. The van der Waals surface area contributed by atoms with Gasteiger partial charge in [-0.05, 0) is 31.0 Å². The third-order valence-corrected chi connectivity index (χ3v) is 3.32. The fourth-order valence-electron chi connectivity index (χ4n) is 1.60. The Hall–Kier alpha value is -1.33. The zero-order valence-corrected chi connectivity index (χ0v) is 9.76. The van der Waals surface area contributed by atoms with Crippen LogP contribution in [0.25, 0.3) is 0 Å². The summed E-state index contributed by atoms with van der Waals surface area (Å²) < 4.78 is 7.98. The zero-order valence-electron chi connectivity index (χ0n) is 8.94. The molecule has 0 saturated carbocycles. The minimum Gasteiger partial charge on any atom is -0.496 e. The van der Waals surface area contributed by atoms with E-state index in [1.807, 2.05) is 12.1 Å². The summed E-state index contributed by atoms with van der Waals surface area (Å²) in [6.45, 7) is 1.40. The molecule has 2 rings (SSSR count). The molecule has 1 aliphatic heterocycles. The zero-order chi connectivity index (χ0) is 11.7. The number of carbonyl (C=O) groups excluding carboxylic acids is 2. The Balaban J connectivity index is 2.50. The maximum atomic E-state index is 12.1. The van der Waals surface area contributed by atoms with Gasteiger partial charge < -0.3 is 4.74 Å². The lowest BCUT2D eigenvalue weighted by atomic mass is 10.0. The second-order valence-electron chi connectivity index (χ2n) is 3.46. The van der Waals surface area contributed by atoms with E-state index in [4.69, 9.17) is 4.74 Å². The van der Waals surface area contributed by atoms with Crippen LogP contribution in [0.1, 0.15) is 17.3 Å². The molecule has 1 aliphatic rings. The fraction of sp³-hybridized carbons (Fsp3) is 0.273. The van der Waals surface area contributed by atoms with Crippen molar-refractivity contribution in [3.63, 3.8) is 0 Å². The van der Waals surface area contributed by atoms with Crippen LogP contribution in [0.3, 0.4) is 0 Å². The molecule has 1 unspecified atom stereocenters. The van der Waals surface area contributed by atoms with Gasteiger partial charge >= 0.3 is 0 Å². The van der Waals surface area contributed by atoms with E-state index in [0.29, 0.717) is 11.3 Å². The van der Waals surface area contributed by atoms with Crippen molar-refractivity contribution in [2.24, 2.45) is 0 Å². The van der Waals surface area contributed by atoms with Gasteiger partial charge in [-0.2, -0.15) is 0 Å². The first-order valence-electron chi connectivity index (χ1n) is 4.79. The molecule has 0 spiro atoms. The maximum Gasteiger partial charge on any atom is 0.193 e. The van der Waals surface area contributed by atoms with E-state index in [1.165, 1.54) is 26.0 Å². The van der Waals surface area contributed by atoms with Crippen molar-refractivity contribution in [3.8, 4) is 5.75 Å². The van der Waals surface area contributed by atoms with E-state index in [-0.39, 0.29) is 11.6 Å². The molecule has 0 aliphatic carbocycles. The standard InChI is InChI=1S/C11H11NO3S/c1-6(13)10-11(14)9-7(15-2)4-3-5-8(9)16-12-10/h3-5,10,12H,1-2H3. The van der Waals surface area contributed by atoms with Crippen molar-refractivity contribution in [3.05, 3.63) is 23.8 Å². The van der Waals surface area contributed by atoms with Crippen molar-refractivity contribution in [2.75, 3.05) is 7.11 Å². The van der Waals surface area contributed by atoms with Gasteiger partial charge in [-0.25, -0.2) is 4.72 Å². The number of methoxy groups -OCH3 is 1. The minimum atomic E-state index is -0.770. The van der Waals surface area contributed by atoms with Gasteiger partial charge in [0.2, 0.25) is 0 Å². The molecule has 0 fully saturated rings. The van der Waals surface area contributed by atoms with Crippen LogP contribution in [-0.2, 0) is 4.79 Å². The number of ketones is 2. The molecule has 1 atom stereocenters. The van der Waals surface area contributed by atoms with Crippen LogP contribution in [0.15, 0.2) is 23.1 Å². The predicted octanol–water partition coefficient (Wildman–Crippen LogP) is 1.45. The first kappa shape index (κ1) is 11.2. The van der Waals surface area contributed by atoms with E-state index in [0.717, 1.165) is 4.90 Å². The Kier molecular flexibility index (Phi) is 2.98. The lowest BCUT2D eigenvalue weighted by Gasteiger charge is -2.23. The third-order valence-electron chi connectivity index (χ3n) is 2.41. The number of ether oxygens (including phenoxy) is 1. The number of benzene rings is 1. The monoisotopic (exact) mass is 237 g/mol. The lowest BCUT2D eigenvalue weighted by molar-refractivity contribution is -0.117. The lowest BCUT2D eigenvalue weighted by Crippen LogP contribution is -2.41. The van der Waals surface area contributed by atoms with Crippen LogP contribution in [0.4, 0.5) is 0 Å². The Labute approximate surface area is 97.5 Å². The SMILES string of the molecule is COc1cccc2c1C(=O)C(C(C)=O)NS2. The van der Waals surface area contributed by atoms with Gasteiger partial charge in [0.25, 0.3) is 0 Å². The van der Waals surface area contributed by atoms with E-state index in [1.54, 1.807) is 6.07 Å². The highest BCUT2D eigenvalue weighted by Gasteiger charge is 2.33. The normalized spacial score (nSPS) is 19.1. The minimum absolute atomic E-state index is 0.186. The molecule has 1 heterocycles. The summed E-state index contributed by atoms with van der Waals surface area (Å²) in [5.74, 6) is 0.107. The number of carbonyl (C=O) groups is 2. The predicted molar refractivity (Wildman–Crippen MR) is 60.8 cm³/mol. The second kappa shape index (κ2) is 4.27. The number of rotatable bonds is 2. The molecule has 0 radical (unpaired) electrons.